The minimum absolute atomic E-state index is 0.125. The number of benzene rings is 2. The normalized spacial score (nSPS) is 18.9. The lowest BCUT2D eigenvalue weighted by Gasteiger charge is -2.39. The lowest BCUT2D eigenvalue weighted by atomic mass is 9.86. The molecule has 4 nitrogen and oxygen atoms in total. The van der Waals surface area contributed by atoms with Crippen LogP contribution in [-0.4, -0.2) is 47.3 Å². The first kappa shape index (κ1) is 24.3. The van der Waals surface area contributed by atoms with Gasteiger partial charge in [-0.2, -0.15) is 13.2 Å². The van der Waals surface area contributed by atoms with Crippen molar-refractivity contribution in [2.75, 3.05) is 19.6 Å². The van der Waals surface area contributed by atoms with Gasteiger partial charge in [0.1, 0.15) is 0 Å². The van der Waals surface area contributed by atoms with E-state index in [-0.39, 0.29) is 29.3 Å². The molecule has 0 N–H and O–H groups in total. The molecule has 0 radical (unpaired) electrons. The van der Waals surface area contributed by atoms with E-state index in [1.165, 1.54) is 23.3 Å². The first-order valence-electron chi connectivity index (χ1n) is 12.1. The van der Waals surface area contributed by atoms with Crippen molar-refractivity contribution in [2.45, 2.75) is 57.7 Å². The van der Waals surface area contributed by atoms with Crippen LogP contribution in [0, 0.1) is 5.92 Å². The Hall–Kier alpha value is -2.83. The van der Waals surface area contributed by atoms with Gasteiger partial charge in [0.25, 0.3) is 5.91 Å². The average Bonchev–Trinajstić information content (AvgIpc) is 2.86. The number of alkyl halides is 3. The fourth-order valence-corrected chi connectivity index (χ4v) is 5.21. The van der Waals surface area contributed by atoms with Crippen molar-refractivity contribution in [3.8, 4) is 0 Å². The van der Waals surface area contributed by atoms with Crippen LogP contribution in [0.15, 0.2) is 48.5 Å². The van der Waals surface area contributed by atoms with E-state index in [0.717, 1.165) is 44.4 Å². The average molecular weight is 473 g/mol. The molecule has 34 heavy (non-hydrogen) atoms. The van der Waals surface area contributed by atoms with Gasteiger partial charge in [-0.25, -0.2) is 0 Å². The quantitative estimate of drug-likeness (QED) is 0.588. The Morgan fingerprint density at radius 2 is 1.62 bits per heavy atom. The maximum absolute atomic E-state index is 13.5. The second-order valence-electron chi connectivity index (χ2n) is 9.34. The molecule has 1 aliphatic carbocycles. The molecule has 0 bridgehead atoms. The zero-order valence-electron chi connectivity index (χ0n) is 19.5. The molecular formula is C27H31F3N2O2. The molecular weight excluding hydrogens is 441 g/mol. The number of hydrogen-bond donors (Lipinski definition) is 0. The van der Waals surface area contributed by atoms with E-state index in [1.807, 2.05) is 0 Å². The molecule has 2 aromatic rings. The monoisotopic (exact) mass is 472 g/mol. The van der Waals surface area contributed by atoms with Gasteiger partial charge in [0.05, 0.1) is 5.56 Å². The van der Waals surface area contributed by atoms with Crippen molar-refractivity contribution < 1.29 is 22.8 Å². The lowest BCUT2D eigenvalue weighted by Crippen LogP contribution is -2.49. The number of halogens is 3. The Bertz CT molecular complexity index is 1010. The van der Waals surface area contributed by atoms with E-state index in [4.69, 9.17) is 0 Å². The number of rotatable bonds is 5. The molecule has 7 heteroatoms. The van der Waals surface area contributed by atoms with Gasteiger partial charge >= 0.3 is 6.18 Å². The molecule has 2 aliphatic rings. The van der Waals surface area contributed by atoms with E-state index in [1.54, 1.807) is 4.90 Å². The highest BCUT2D eigenvalue weighted by atomic mass is 19.4. The Kier molecular flexibility index (Phi) is 7.29. The van der Waals surface area contributed by atoms with Crippen LogP contribution in [0.3, 0.4) is 0 Å². The first-order valence-corrected chi connectivity index (χ1v) is 12.1. The van der Waals surface area contributed by atoms with Crippen LogP contribution in [0.1, 0.15) is 59.7 Å². The third-order valence-electron chi connectivity index (χ3n) is 7.10. The highest BCUT2D eigenvalue weighted by Crippen LogP contribution is 2.30. The van der Waals surface area contributed by atoms with E-state index in [0.29, 0.717) is 25.9 Å². The number of aryl methyl sites for hydroxylation is 1. The number of nitrogens with zero attached hydrogens (tertiary/aromatic N) is 2. The summed E-state index contributed by atoms with van der Waals surface area (Å²) in [6.07, 6.45) is 0.458. The molecule has 2 aromatic carbocycles. The minimum Gasteiger partial charge on any atom is -0.339 e. The van der Waals surface area contributed by atoms with Gasteiger partial charge in [0, 0.05) is 37.2 Å². The van der Waals surface area contributed by atoms with Crippen LogP contribution in [0.4, 0.5) is 13.2 Å². The van der Waals surface area contributed by atoms with Crippen molar-refractivity contribution in [3.63, 3.8) is 0 Å². The van der Waals surface area contributed by atoms with Crippen LogP contribution in [0.5, 0.6) is 0 Å². The van der Waals surface area contributed by atoms with Crippen molar-refractivity contribution in [3.05, 3.63) is 70.8 Å². The maximum atomic E-state index is 13.5. The highest BCUT2D eigenvalue weighted by molar-refractivity contribution is 5.94. The topological polar surface area (TPSA) is 40.6 Å². The van der Waals surface area contributed by atoms with E-state index in [9.17, 15) is 22.8 Å². The van der Waals surface area contributed by atoms with Crippen LogP contribution >= 0.6 is 0 Å². The first-order chi connectivity index (χ1) is 16.3. The number of carbonyl (C=O) groups is 2. The van der Waals surface area contributed by atoms with Crippen molar-refractivity contribution in [1.82, 2.24) is 9.80 Å². The fourth-order valence-electron chi connectivity index (χ4n) is 5.21. The van der Waals surface area contributed by atoms with Crippen molar-refractivity contribution >= 4 is 11.8 Å². The second-order valence-corrected chi connectivity index (χ2v) is 9.34. The second kappa shape index (κ2) is 10.2. The summed E-state index contributed by atoms with van der Waals surface area (Å²) in [6, 6.07) is 13.0. The Labute approximate surface area is 198 Å². The lowest BCUT2D eigenvalue weighted by molar-refractivity contribution is -0.139. The molecule has 1 atom stereocenters. The molecule has 4 rings (SSSR count). The number of amides is 2. The molecule has 0 saturated carbocycles. The van der Waals surface area contributed by atoms with Crippen LogP contribution in [0.25, 0.3) is 0 Å². The summed E-state index contributed by atoms with van der Waals surface area (Å²) in [5.41, 5.74) is 2.17. The molecule has 182 valence electrons. The number of fused-ring (bicyclic) bond motifs is 1. The number of hydrogen-bond acceptors (Lipinski definition) is 2. The van der Waals surface area contributed by atoms with Gasteiger partial charge in [0.15, 0.2) is 0 Å². The van der Waals surface area contributed by atoms with Crippen molar-refractivity contribution in [1.29, 1.82) is 0 Å². The minimum atomic E-state index is -4.43. The Morgan fingerprint density at radius 3 is 2.24 bits per heavy atom. The predicted octanol–water partition coefficient (Wildman–Crippen LogP) is 5.35. The Morgan fingerprint density at radius 1 is 0.971 bits per heavy atom. The Balaban J connectivity index is 1.37. The van der Waals surface area contributed by atoms with Gasteiger partial charge in [-0.05, 0) is 73.9 Å². The van der Waals surface area contributed by atoms with Crippen LogP contribution in [0.2, 0.25) is 0 Å². The molecule has 0 spiro atoms. The van der Waals surface area contributed by atoms with Gasteiger partial charge in [-0.3, -0.25) is 9.59 Å². The van der Waals surface area contributed by atoms with Crippen LogP contribution < -0.4 is 0 Å². The van der Waals surface area contributed by atoms with E-state index >= 15 is 0 Å². The summed E-state index contributed by atoms with van der Waals surface area (Å²) in [6.45, 7) is 3.69. The number of carbonyl (C=O) groups excluding carboxylic acids is 2. The summed E-state index contributed by atoms with van der Waals surface area (Å²) in [5, 5.41) is 0. The third kappa shape index (κ3) is 5.29. The summed E-state index contributed by atoms with van der Waals surface area (Å²) in [5.74, 6) is -0.234. The molecule has 0 aromatic heterocycles. The summed E-state index contributed by atoms with van der Waals surface area (Å²) in [4.78, 5) is 30.0. The molecule has 1 aliphatic heterocycles. The van der Waals surface area contributed by atoms with Gasteiger partial charge in [-0.15, -0.1) is 0 Å². The maximum Gasteiger partial charge on any atom is 0.416 e. The number of piperidine rings is 1. The van der Waals surface area contributed by atoms with E-state index < -0.39 is 11.7 Å². The molecule has 1 unspecified atom stereocenters. The summed E-state index contributed by atoms with van der Waals surface area (Å²) in [7, 11) is 0. The largest absolute Gasteiger partial charge is 0.416 e. The molecule has 1 fully saturated rings. The number of likely N-dealkylation sites (tertiary alicyclic amines) is 1. The fraction of sp³-hybridized carbons (Fsp3) is 0.481. The van der Waals surface area contributed by atoms with E-state index in [2.05, 4.69) is 36.1 Å². The SMILES string of the molecule is CCCN(C(=O)C1CCN(C(=O)c2ccc(C(F)(F)F)cc2)CC1)C1CCc2ccccc2C1. The van der Waals surface area contributed by atoms with Crippen LogP contribution in [-0.2, 0) is 23.8 Å². The molecule has 1 heterocycles. The highest BCUT2D eigenvalue weighted by Gasteiger charge is 2.35. The molecule has 1 saturated heterocycles. The van der Waals surface area contributed by atoms with Gasteiger partial charge in [-0.1, -0.05) is 31.2 Å². The smallest absolute Gasteiger partial charge is 0.339 e. The van der Waals surface area contributed by atoms with Crippen molar-refractivity contribution in [2.24, 2.45) is 5.92 Å². The summed E-state index contributed by atoms with van der Waals surface area (Å²) >= 11 is 0. The standard InChI is InChI=1S/C27H31F3N2O2/c1-2-15-32(24-12-9-19-5-3-4-6-22(19)18-24)26(34)21-13-16-31(17-14-21)25(33)20-7-10-23(11-8-20)27(28,29)30/h3-8,10-11,21,24H,2,9,12-18H2,1H3. The zero-order chi connectivity index (χ0) is 24.3. The third-order valence-corrected chi connectivity index (χ3v) is 7.10. The van der Waals surface area contributed by atoms with Gasteiger partial charge < -0.3 is 9.80 Å². The zero-order valence-corrected chi connectivity index (χ0v) is 19.5. The summed E-state index contributed by atoms with van der Waals surface area (Å²) < 4.78 is 38.4. The molecule has 2 amide bonds. The van der Waals surface area contributed by atoms with Gasteiger partial charge in [0.2, 0.25) is 5.91 Å². The predicted molar refractivity (Wildman–Crippen MR) is 124 cm³/mol.